The van der Waals surface area contributed by atoms with Gasteiger partial charge in [-0.25, -0.2) is 0 Å². The van der Waals surface area contributed by atoms with Gasteiger partial charge in [0.25, 0.3) is 0 Å². The summed E-state index contributed by atoms with van der Waals surface area (Å²) in [5.41, 5.74) is 2.19. The van der Waals surface area contributed by atoms with E-state index in [0.717, 1.165) is 22.6 Å². The molecule has 0 amide bonds. The summed E-state index contributed by atoms with van der Waals surface area (Å²) in [7, 11) is -0.893. The zero-order valence-corrected chi connectivity index (χ0v) is 18.1. The van der Waals surface area contributed by atoms with Gasteiger partial charge < -0.3 is 9.05 Å². The lowest BCUT2D eigenvalue weighted by Crippen LogP contribution is -1.91. The molecule has 2 nitrogen and oxygen atoms in total. The first-order valence-corrected chi connectivity index (χ1v) is 12.8. The van der Waals surface area contributed by atoms with Crippen molar-refractivity contribution in [3.05, 3.63) is 48.5 Å². The maximum atomic E-state index is 5.97. The van der Waals surface area contributed by atoms with Crippen LogP contribution in [-0.2, 0) is 0 Å². The minimum atomic E-state index is -0.446. The second-order valence-corrected chi connectivity index (χ2v) is 8.41. The number of benzene rings is 2. The summed E-state index contributed by atoms with van der Waals surface area (Å²) in [6.07, 6.45) is 0. The highest BCUT2D eigenvalue weighted by molar-refractivity contribution is 7.51. The van der Waals surface area contributed by atoms with E-state index in [4.69, 9.17) is 9.05 Å². The molecule has 0 aliphatic rings. The summed E-state index contributed by atoms with van der Waals surface area (Å²) in [6, 6.07) is 16.3. The second-order valence-electron chi connectivity index (χ2n) is 4.80. The second kappa shape index (κ2) is 13.2. The first kappa shape index (κ1) is 22.9. The Hall–Kier alpha value is -1.10. The minimum absolute atomic E-state index is 0.446. The van der Waals surface area contributed by atoms with E-state index in [0.29, 0.717) is 0 Å². The molecule has 134 valence electrons. The predicted octanol–water partition coefficient (Wildman–Crippen LogP) is 7.48. The topological polar surface area (TPSA) is 18.5 Å². The van der Waals surface area contributed by atoms with Crippen LogP contribution in [0.5, 0.6) is 11.5 Å². The van der Waals surface area contributed by atoms with Crippen molar-refractivity contribution >= 4 is 16.3 Å². The average molecular weight is 366 g/mol. The first-order chi connectivity index (χ1) is 11.6. The summed E-state index contributed by atoms with van der Waals surface area (Å²) in [6.45, 7) is 16.4. The Balaban J connectivity index is 0.00000123. The van der Waals surface area contributed by atoms with Gasteiger partial charge in [-0.15, -0.1) is 0 Å². The molecule has 24 heavy (non-hydrogen) atoms. The quantitative estimate of drug-likeness (QED) is 0.511. The van der Waals surface area contributed by atoms with Gasteiger partial charge >= 0.3 is 0 Å². The smallest absolute Gasteiger partial charge is 0.131 e. The van der Waals surface area contributed by atoms with Gasteiger partial charge in [0.15, 0.2) is 0 Å². The van der Waals surface area contributed by atoms with Crippen LogP contribution >= 0.6 is 16.3 Å². The van der Waals surface area contributed by atoms with Crippen LogP contribution in [0.2, 0.25) is 0 Å². The van der Waals surface area contributed by atoms with Gasteiger partial charge in [-0.3, -0.25) is 0 Å². The van der Waals surface area contributed by atoms with Gasteiger partial charge in [0.05, 0.1) is 16.3 Å². The Morgan fingerprint density at radius 3 is 1.12 bits per heavy atom. The van der Waals surface area contributed by atoms with E-state index in [1.54, 1.807) is 0 Å². The van der Waals surface area contributed by atoms with Crippen molar-refractivity contribution in [2.75, 3.05) is 26.7 Å². The third kappa shape index (κ3) is 7.65. The summed E-state index contributed by atoms with van der Waals surface area (Å²) < 4.78 is 11.9. The maximum absolute atomic E-state index is 5.97. The lowest BCUT2D eigenvalue weighted by Gasteiger charge is -2.17. The van der Waals surface area contributed by atoms with Crippen molar-refractivity contribution in [1.82, 2.24) is 0 Å². The molecule has 0 heterocycles. The number of hydrogen-bond acceptors (Lipinski definition) is 2. The van der Waals surface area contributed by atoms with Crippen molar-refractivity contribution in [2.45, 2.75) is 27.7 Å². The maximum Gasteiger partial charge on any atom is 0.131 e. The van der Waals surface area contributed by atoms with Crippen LogP contribution in [0.25, 0.3) is 11.1 Å². The number of para-hydroxylation sites is 2. The van der Waals surface area contributed by atoms with Crippen molar-refractivity contribution < 1.29 is 9.05 Å². The lowest BCUT2D eigenvalue weighted by molar-refractivity contribution is 0.616. The molecular formula is C20H32O2P2. The van der Waals surface area contributed by atoms with Crippen LogP contribution in [0.15, 0.2) is 48.5 Å². The van der Waals surface area contributed by atoms with E-state index in [2.05, 4.69) is 38.8 Å². The van der Waals surface area contributed by atoms with Gasteiger partial charge in [0, 0.05) is 11.1 Å². The SMILES string of the molecule is CC.CC.CP(C)Oc1ccccc1-c1ccccc1OP(C)C. The molecule has 0 atom stereocenters. The first-order valence-electron chi connectivity index (χ1n) is 8.47. The molecule has 0 aliphatic heterocycles. The molecule has 0 aromatic heterocycles. The molecule has 2 aromatic carbocycles. The fraction of sp³-hybridized carbons (Fsp3) is 0.400. The molecule has 0 N–H and O–H groups in total. The van der Waals surface area contributed by atoms with Crippen molar-refractivity contribution in [3.63, 3.8) is 0 Å². The molecule has 0 aliphatic carbocycles. The van der Waals surface area contributed by atoms with E-state index in [9.17, 15) is 0 Å². The summed E-state index contributed by atoms with van der Waals surface area (Å²) in [5.74, 6) is 1.85. The van der Waals surface area contributed by atoms with Crippen LogP contribution in [0.1, 0.15) is 27.7 Å². The van der Waals surface area contributed by atoms with Crippen LogP contribution in [0.4, 0.5) is 0 Å². The molecule has 4 heteroatoms. The molecule has 0 saturated carbocycles. The van der Waals surface area contributed by atoms with E-state index in [1.807, 2.05) is 64.1 Å². The average Bonchev–Trinajstić information content (AvgIpc) is 2.59. The fourth-order valence-corrected chi connectivity index (χ4v) is 3.04. The zero-order chi connectivity index (χ0) is 18.5. The van der Waals surface area contributed by atoms with E-state index >= 15 is 0 Å². The van der Waals surface area contributed by atoms with E-state index in [-0.39, 0.29) is 0 Å². The van der Waals surface area contributed by atoms with Gasteiger partial charge in [-0.2, -0.15) is 0 Å². The standard InChI is InChI=1S/C16H20O2P2.2C2H6/c1-19(2)17-15-11-7-5-9-13(15)14-10-6-8-12-16(14)18-20(3)4;2*1-2/h5-12H,1-4H3;2*1-2H3. The molecular weight excluding hydrogens is 334 g/mol. The molecule has 0 fully saturated rings. The Morgan fingerprint density at radius 2 is 0.833 bits per heavy atom. The Labute approximate surface area is 151 Å². The van der Waals surface area contributed by atoms with Gasteiger partial charge in [0.1, 0.15) is 11.5 Å². The minimum Gasteiger partial charge on any atom is -0.474 e. The molecule has 0 unspecified atom stereocenters. The summed E-state index contributed by atoms with van der Waals surface area (Å²) >= 11 is 0. The number of rotatable bonds is 5. The van der Waals surface area contributed by atoms with Crippen LogP contribution in [0, 0.1) is 0 Å². The van der Waals surface area contributed by atoms with Crippen LogP contribution < -0.4 is 9.05 Å². The molecule has 0 saturated heterocycles. The molecule has 2 aromatic rings. The van der Waals surface area contributed by atoms with E-state index in [1.165, 1.54) is 0 Å². The predicted molar refractivity (Wildman–Crippen MR) is 113 cm³/mol. The van der Waals surface area contributed by atoms with Crippen LogP contribution in [0.3, 0.4) is 0 Å². The van der Waals surface area contributed by atoms with E-state index < -0.39 is 16.3 Å². The highest BCUT2D eigenvalue weighted by Gasteiger charge is 2.12. The molecule has 2 rings (SSSR count). The third-order valence-electron chi connectivity index (χ3n) is 2.63. The van der Waals surface area contributed by atoms with Gasteiger partial charge in [-0.1, -0.05) is 64.1 Å². The van der Waals surface area contributed by atoms with Crippen molar-refractivity contribution in [3.8, 4) is 22.6 Å². The largest absolute Gasteiger partial charge is 0.474 e. The summed E-state index contributed by atoms with van der Waals surface area (Å²) in [4.78, 5) is 0. The highest BCUT2D eigenvalue weighted by atomic mass is 31.1. The van der Waals surface area contributed by atoms with Gasteiger partial charge in [-0.05, 0) is 38.8 Å². The Morgan fingerprint density at radius 1 is 0.542 bits per heavy atom. The highest BCUT2D eigenvalue weighted by Crippen LogP contribution is 2.43. The molecule has 0 radical (unpaired) electrons. The fourth-order valence-electron chi connectivity index (χ4n) is 1.93. The Bertz CT molecular complexity index is 518. The summed E-state index contributed by atoms with van der Waals surface area (Å²) in [5, 5.41) is 0. The third-order valence-corrected chi connectivity index (χ3v) is 3.75. The number of hydrogen-bond donors (Lipinski definition) is 0. The zero-order valence-electron chi connectivity index (χ0n) is 16.3. The lowest BCUT2D eigenvalue weighted by atomic mass is 10.0. The molecule has 0 bridgehead atoms. The van der Waals surface area contributed by atoms with Crippen LogP contribution in [-0.4, -0.2) is 26.7 Å². The van der Waals surface area contributed by atoms with Crippen molar-refractivity contribution in [2.24, 2.45) is 0 Å². The Kier molecular flexibility index (Phi) is 12.6. The normalized spacial score (nSPS) is 9.58. The monoisotopic (exact) mass is 366 g/mol. The van der Waals surface area contributed by atoms with Crippen molar-refractivity contribution in [1.29, 1.82) is 0 Å². The van der Waals surface area contributed by atoms with Gasteiger partial charge in [0.2, 0.25) is 0 Å². The molecule has 0 spiro atoms.